The molecule has 0 aliphatic carbocycles. The molecule has 0 aromatic carbocycles. The van der Waals surface area contributed by atoms with Gasteiger partial charge in [0.15, 0.2) is 5.79 Å². The van der Waals surface area contributed by atoms with Gasteiger partial charge in [-0.25, -0.2) is 0 Å². The van der Waals surface area contributed by atoms with E-state index in [1.165, 1.54) is 51.4 Å². The maximum atomic E-state index is 5.73. The predicted octanol–water partition coefficient (Wildman–Crippen LogP) is 4.67. The molecule has 0 atom stereocenters. The second-order valence-corrected chi connectivity index (χ2v) is 5.19. The molecule has 0 radical (unpaired) electrons. The Kier molecular flexibility index (Phi) is 7.87. The van der Waals surface area contributed by atoms with Crippen molar-refractivity contribution in [3.63, 3.8) is 0 Å². The monoisotopic (exact) mass is 242 g/mol. The lowest BCUT2D eigenvalue weighted by Gasteiger charge is -2.25. The Balaban J connectivity index is 1.92. The number of hydrogen-bond donors (Lipinski definition) is 0. The third-order valence-corrected chi connectivity index (χ3v) is 3.76. The van der Waals surface area contributed by atoms with Crippen LogP contribution in [0.4, 0.5) is 0 Å². The zero-order valence-corrected chi connectivity index (χ0v) is 11.8. The van der Waals surface area contributed by atoms with Gasteiger partial charge >= 0.3 is 0 Å². The molecule has 0 spiro atoms. The Hall–Kier alpha value is -0.0800. The van der Waals surface area contributed by atoms with Crippen LogP contribution < -0.4 is 0 Å². The highest BCUT2D eigenvalue weighted by Crippen LogP contribution is 2.29. The molecule has 1 rings (SSSR count). The molecule has 1 heterocycles. The zero-order valence-electron chi connectivity index (χ0n) is 11.8. The predicted molar refractivity (Wildman–Crippen MR) is 72.2 cm³/mol. The number of hydrogen-bond acceptors (Lipinski definition) is 2. The molecule has 0 amide bonds. The van der Waals surface area contributed by atoms with Crippen molar-refractivity contribution in [2.75, 3.05) is 13.2 Å². The van der Waals surface area contributed by atoms with Crippen molar-refractivity contribution >= 4 is 0 Å². The number of ether oxygens (including phenoxy) is 2. The average Bonchev–Trinajstić information content (AvgIpc) is 2.82. The van der Waals surface area contributed by atoms with Gasteiger partial charge in [0.2, 0.25) is 0 Å². The summed E-state index contributed by atoms with van der Waals surface area (Å²) < 4.78 is 11.5. The van der Waals surface area contributed by atoms with Gasteiger partial charge in [0, 0.05) is 6.42 Å². The maximum absolute atomic E-state index is 5.73. The Labute approximate surface area is 107 Å². The van der Waals surface area contributed by atoms with E-state index in [9.17, 15) is 0 Å². The molecule has 1 aliphatic rings. The summed E-state index contributed by atoms with van der Waals surface area (Å²) in [6, 6.07) is 0. The van der Waals surface area contributed by atoms with Crippen LogP contribution in [0, 0.1) is 0 Å². The van der Waals surface area contributed by atoms with E-state index in [2.05, 4.69) is 13.8 Å². The summed E-state index contributed by atoms with van der Waals surface area (Å²) in [5, 5.41) is 0. The Bertz CT molecular complexity index is 174. The Morgan fingerprint density at radius 3 is 1.82 bits per heavy atom. The summed E-state index contributed by atoms with van der Waals surface area (Å²) in [4.78, 5) is 0. The Morgan fingerprint density at radius 2 is 1.29 bits per heavy atom. The molecule has 1 fully saturated rings. The molecule has 2 heteroatoms. The van der Waals surface area contributed by atoms with Crippen molar-refractivity contribution in [2.24, 2.45) is 0 Å². The van der Waals surface area contributed by atoms with Crippen LogP contribution in [0.1, 0.15) is 78.1 Å². The minimum atomic E-state index is -0.220. The number of rotatable bonds is 10. The molecule has 0 bridgehead atoms. The molecule has 1 saturated heterocycles. The van der Waals surface area contributed by atoms with E-state index in [0.29, 0.717) is 0 Å². The van der Waals surface area contributed by atoms with E-state index >= 15 is 0 Å². The van der Waals surface area contributed by atoms with E-state index in [0.717, 1.165) is 26.1 Å². The highest BCUT2D eigenvalue weighted by molar-refractivity contribution is 4.72. The lowest BCUT2D eigenvalue weighted by atomic mass is 10.0. The smallest absolute Gasteiger partial charge is 0.168 e. The van der Waals surface area contributed by atoms with Gasteiger partial charge in [-0.3, -0.25) is 0 Å². The normalized spacial score (nSPS) is 18.7. The van der Waals surface area contributed by atoms with E-state index in [-0.39, 0.29) is 5.79 Å². The van der Waals surface area contributed by atoms with Gasteiger partial charge in [-0.1, -0.05) is 58.8 Å². The minimum absolute atomic E-state index is 0.220. The molecule has 0 aromatic rings. The van der Waals surface area contributed by atoms with Crippen molar-refractivity contribution in [1.82, 2.24) is 0 Å². The zero-order chi connectivity index (χ0) is 12.4. The van der Waals surface area contributed by atoms with Crippen molar-refractivity contribution in [1.29, 1.82) is 0 Å². The highest BCUT2D eigenvalue weighted by Gasteiger charge is 2.33. The second-order valence-electron chi connectivity index (χ2n) is 5.19. The van der Waals surface area contributed by atoms with Gasteiger partial charge in [-0.05, 0) is 12.8 Å². The lowest BCUT2D eigenvalue weighted by Crippen LogP contribution is -2.28. The van der Waals surface area contributed by atoms with Gasteiger partial charge in [0.25, 0.3) is 0 Å². The second kappa shape index (κ2) is 8.93. The van der Waals surface area contributed by atoms with E-state index in [1.54, 1.807) is 0 Å². The van der Waals surface area contributed by atoms with Crippen LogP contribution in [0.3, 0.4) is 0 Å². The molecule has 0 N–H and O–H groups in total. The Morgan fingerprint density at radius 1 is 0.765 bits per heavy atom. The highest BCUT2D eigenvalue weighted by atomic mass is 16.7. The molecule has 0 aromatic heterocycles. The van der Waals surface area contributed by atoms with Crippen LogP contribution in [0.25, 0.3) is 0 Å². The van der Waals surface area contributed by atoms with Crippen molar-refractivity contribution < 1.29 is 9.47 Å². The SMILES string of the molecule is CCCCCCCCCCC1(CC)OCCO1. The summed E-state index contributed by atoms with van der Waals surface area (Å²) in [7, 11) is 0. The van der Waals surface area contributed by atoms with Gasteiger partial charge in [0.1, 0.15) is 0 Å². The average molecular weight is 242 g/mol. The molecular formula is C15H30O2. The molecule has 102 valence electrons. The first-order valence-corrected chi connectivity index (χ1v) is 7.61. The topological polar surface area (TPSA) is 18.5 Å². The molecule has 0 saturated carbocycles. The maximum Gasteiger partial charge on any atom is 0.168 e. The quantitative estimate of drug-likeness (QED) is 0.518. The fourth-order valence-corrected chi connectivity index (χ4v) is 2.55. The number of unbranched alkanes of at least 4 members (excludes halogenated alkanes) is 7. The first-order chi connectivity index (χ1) is 8.33. The first kappa shape index (κ1) is 15.0. The molecule has 17 heavy (non-hydrogen) atoms. The first-order valence-electron chi connectivity index (χ1n) is 7.61. The molecule has 1 aliphatic heterocycles. The lowest BCUT2D eigenvalue weighted by molar-refractivity contribution is -0.164. The fourth-order valence-electron chi connectivity index (χ4n) is 2.55. The van der Waals surface area contributed by atoms with Crippen molar-refractivity contribution in [2.45, 2.75) is 83.8 Å². The van der Waals surface area contributed by atoms with Crippen LogP contribution in [-0.4, -0.2) is 19.0 Å². The van der Waals surface area contributed by atoms with Gasteiger partial charge < -0.3 is 9.47 Å². The molecular weight excluding hydrogens is 212 g/mol. The van der Waals surface area contributed by atoms with Crippen molar-refractivity contribution in [3.8, 4) is 0 Å². The fraction of sp³-hybridized carbons (Fsp3) is 1.00. The van der Waals surface area contributed by atoms with Crippen LogP contribution in [-0.2, 0) is 9.47 Å². The van der Waals surface area contributed by atoms with Gasteiger partial charge in [0.05, 0.1) is 13.2 Å². The summed E-state index contributed by atoms with van der Waals surface area (Å²) in [5.74, 6) is -0.220. The third kappa shape index (κ3) is 5.87. The van der Waals surface area contributed by atoms with Crippen LogP contribution in [0.2, 0.25) is 0 Å². The molecule has 2 nitrogen and oxygen atoms in total. The standard InChI is InChI=1S/C15H30O2/c1-3-5-6-7-8-9-10-11-12-15(4-2)16-13-14-17-15/h3-14H2,1-2H3. The minimum Gasteiger partial charge on any atom is -0.348 e. The van der Waals surface area contributed by atoms with Crippen LogP contribution in [0.15, 0.2) is 0 Å². The van der Waals surface area contributed by atoms with Crippen molar-refractivity contribution in [3.05, 3.63) is 0 Å². The third-order valence-electron chi connectivity index (χ3n) is 3.76. The summed E-state index contributed by atoms with van der Waals surface area (Å²) in [6.45, 7) is 6.00. The summed E-state index contributed by atoms with van der Waals surface area (Å²) in [5.41, 5.74) is 0. The summed E-state index contributed by atoms with van der Waals surface area (Å²) in [6.07, 6.45) is 13.0. The van der Waals surface area contributed by atoms with Crippen LogP contribution in [0.5, 0.6) is 0 Å². The van der Waals surface area contributed by atoms with E-state index in [4.69, 9.17) is 9.47 Å². The van der Waals surface area contributed by atoms with Gasteiger partial charge in [-0.2, -0.15) is 0 Å². The van der Waals surface area contributed by atoms with E-state index < -0.39 is 0 Å². The largest absolute Gasteiger partial charge is 0.348 e. The van der Waals surface area contributed by atoms with Crippen LogP contribution >= 0.6 is 0 Å². The van der Waals surface area contributed by atoms with E-state index in [1.807, 2.05) is 0 Å². The summed E-state index contributed by atoms with van der Waals surface area (Å²) >= 11 is 0. The van der Waals surface area contributed by atoms with Gasteiger partial charge in [-0.15, -0.1) is 0 Å². The molecule has 0 unspecified atom stereocenters.